The molecule has 1 amide bonds. The SMILES string of the molecule is CC(C)(C)OC(=O)N1C[C@@]2(CO)CC1CO2. The highest BCUT2D eigenvalue weighted by molar-refractivity contribution is 5.69. The highest BCUT2D eigenvalue weighted by atomic mass is 16.6. The Kier molecular flexibility index (Phi) is 2.62. The van der Waals surface area contributed by atoms with E-state index < -0.39 is 11.2 Å². The number of hydrogen-bond donors (Lipinski definition) is 1. The fourth-order valence-electron chi connectivity index (χ4n) is 2.26. The number of carbonyl (C=O) groups is 1. The van der Waals surface area contributed by atoms with Crippen LogP contribution in [-0.4, -0.2) is 53.1 Å². The molecule has 0 spiro atoms. The van der Waals surface area contributed by atoms with Crippen LogP contribution in [0.4, 0.5) is 4.79 Å². The van der Waals surface area contributed by atoms with Crippen LogP contribution in [0.2, 0.25) is 0 Å². The molecule has 0 aromatic heterocycles. The molecule has 0 aliphatic carbocycles. The van der Waals surface area contributed by atoms with Gasteiger partial charge in [0.05, 0.1) is 25.8 Å². The molecule has 2 atom stereocenters. The van der Waals surface area contributed by atoms with Gasteiger partial charge in [-0.3, -0.25) is 4.90 Å². The Morgan fingerprint density at radius 1 is 1.62 bits per heavy atom. The highest BCUT2D eigenvalue weighted by Gasteiger charge is 2.53. The number of nitrogens with zero attached hydrogens (tertiary/aromatic N) is 1. The molecule has 0 radical (unpaired) electrons. The smallest absolute Gasteiger partial charge is 0.410 e. The average molecular weight is 229 g/mol. The fraction of sp³-hybridized carbons (Fsp3) is 0.909. The summed E-state index contributed by atoms with van der Waals surface area (Å²) in [6, 6.07) is 0.0574. The lowest BCUT2D eigenvalue weighted by Crippen LogP contribution is -2.48. The summed E-state index contributed by atoms with van der Waals surface area (Å²) in [5.74, 6) is 0. The summed E-state index contributed by atoms with van der Waals surface area (Å²) in [7, 11) is 0. The van der Waals surface area contributed by atoms with E-state index in [9.17, 15) is 9.90 Å². The first kappa shape index (κ1) is 11.7. The van der Waals surface area contributed by atoms with Crippen molar-refractivity contribution in [2.45, 2.75) is 44.4 Å². The topological polar surface area (TPSA) is 59.0 Å². The predicted molar refractivity (Wildman–Crippen MR) is 57.1 cm³/mol. The van der Waals surface area contributed by atoms with Crippen LogP contribution in [-0.2, 0) is 9.47 Å². The third kappa shape index (κ3) is 2.01. The third-order valence-corrected chi connectivity index (χ3v) is 3.00. The zero-order valence-electron chi connectivity index (χ0n) is 10.0. The summed E-state index contributed by atoms with van der Waals surface area (Å²) < 4.78 is 10.8. The van der Waals surface area contributed by atoms with Crippen molar-refractivity contribution in [2.75, 3.05) is 19.8 Å². The summed E-state index contributed by atoms with van der Waals surface area (Å²) in [4.78, 5) is 13.5. The van der Waals surface area contributed by atoms with Gasteiger partial charge in [-0.1, -0.05) is 0 Å². The highest BCUT2D eigenvalue weighted by Crippen LogP contribution is 2.37. The van der Waals surface area contributed by atoms with Gasteiger partial charge in [0.25, 0.3) is 0 Å². The van der Waals surface area contributed by atoms with Gasteiger partial charge in [-0.25, -0.2) is 4.79 Å². The van der Waals surface area contributed by atoms with E-state index in [2.05, 4.69) is 0 Å². The van der Waals surface area contributed by atoms with Gasteiger partial charge in [-0.05, 0) is 20.8 Å². The zero-order valence-corrected chi connectivity index (χ0v) is 10.0. The maximum absolute atomic E-state index is 11.9. The Hall–Kier alpha value is -0.810. The summed E-state index contributed by atoms with van der Waals surface area (Å²) in [5.41, 5.74) is -1.02. The van der Waals surface area contributed by atoms with Gasteiger partial charge in [0.1, 0.15) is 11.2 Å². The Labute approximate surface area is 95.3 Å². The number of amides is 1. The lowest BCUT2D eigenvalue weighted by Gasteiger charge is -2.33. The first-order chi connectivity index (χ1) is 7.35. The van der Waals surface area contributed by atoms with E-state index in [1.807, 2.05) is 20.8 Å². The molecular formula is C11H19NO4. The minimum absolute atomic E-state index is 0.0389. The van der Waals surface area contributed by atoms with Gasteiger partial charge in [0.2, 0.25) is 0 Å². The van der Waals surface area contributed by atoms with E-state index in [-0.39, 0.29) is 18.7 Å². The van der Waals surface area contributed by atoms with E-state index in [0.29, 0.717) is 19.6 Å². The number of rotatable bonds is 1. The van der Waals surface area contributed by atoms with E-state index in [4.69, 9.17) is 9.47 Å². The minimum Gasteiger partial charge on any atom is -0.444 e. The van der Waals surface area contributed by atoms with Crippen molar-refractivity contribution < 1.29 is 19.4 Å². The van der Waals surface area contributed by atoms with Crippen LogP contribution in [0.3, 0.4) is 0 Å². The van der Waals surface area contributed by atoms with Gasteiger partial charge < -0.3 is 14.6 Å². The number of fused-ring (bicyclic) bond motifs is 2. The molecule has 0 aromatic carbocycles. The Morgan fingerprint density at radius 3 is 2.81 bits per heavy atom. The molecule has 92 valence electrons. The molecular weight excluding hydrogens is 210 g/mol. The Bertz CT molecular complexity index is 299. The van der Waals surface area contributed by atoms with Crippen LogP contribution in [0.15, 0.2) is 0 Å². The van der Waals surface area contributed by atoms with Crippen LogP contribution in [0.25, 0.3) is 0 Å². The summed E-state index contributed by atoms with van der Waals surface area (Å²) in [5, 5.41) is 9.27. The molecule has 0 aromatic rings. The quantitative estimate of drug-likeness (QED) is 0.721. The molecule has 2 bridgehead atoms. The molecule has 5 nitrogen and oxygen atoms in total. The zero-order chi connectivity index (χ0) is 12.0. The third-order valence-electron chi connectivity index (χ3n) is 3.00. The normalized spacial score (nSPS) is 33.2. The van der Waals surface area contributed by atoms with Crippen LogP contribution in [0.1, 0.15) is 27.2 Å². The van der Waals surface area contributed by atoms with Crippen molar-refractivity contribution in [1.82, 2.24) is 4.90 Å². The number of hydrogen-bond acceptors (Lipinski definition) is 4. The van der Waals surface area contributed by atoms with Crippen molar-refractivity contribution in [2.24, 2.45) is 0 Å². The molecule has 16 heavy (non-hydrogen) atoms. The van der Waals surface area contributed by atoms with Crippen molar-refractivity contribution in [3.8, 4) is 0 Å². The number of aliphatic hydroxyl groups is 1. The number of morpholine rings is 1. The maximum atomic E-state index is 11.9. The molecule has 5 heteroatoms. The first-order valence-corrected chi connectivity index (χ1v) is 5.60. The Balaban J connectivity index is 2.01. The molecule has 2 aliphatic heterocycles. The van der Waals surface area contributed by atoms with Gasteiger partial charge in [0.15, 0.2) is 0 Å². The lowest BCUT2D eigenvalue weighted by molar-refractivity contribution is -0.0756. The summed E-state index contributed by atoms with van der Waals surface area (Å²) in [6.07, 6.45) is 0.402. The van der Waals surface area contributed by atoms with Crippen molar-refractivity contribution in [1.29, 1.82) is 0 Å². The average Bonchev–Trinajstić information content (AvgIpc) is 2.72. The second kappa shape index (κ2) is 3.60. The number of ether oxygens (including phenoxy) is 2. The van der Waals surface area contributed by atoms with Gasteiger partial charge >= 0.3 is 6.09 Å². The fourth-order valence-corrected chi connectivity index (χ4v) is 2.26. The monoisotopic (exact) mass is 229 g/mol. The van der Waals surface area contributed by atoms with Crippen molar-refractivity contribution in [3.05, 3.63) is 0 Å². The van der Waals surface area contributed by atoms with Crippen molar-refractivity contribution in [3.63, 3.8) is 0 Å². The van der Waals surface area contributed by atoms with Crippen LogP contribution >= 0.6 is 0 Å². The molecule has 1 unspecified atom stereocenters. The predicted octanol–water partition coefficient (Wildman–Crippen LogP) is 0.757. The Morgan fingerprint density at radius 2 is 2.31 bits per heavy atom. The van der Waals surface area contributed by atoms with Crippen LogP contribution in [0, 0.1) is 0 Å². The molecule has 1 N–H and O–H groups in total. The molecule has 2 heterocycles. The van der Waals surface area contributed by atoms with E-state index in [1.165, 1.54) is 0 Å². The van der Waals surface area contributed by atoms with E-state index in [1.54, 1.807) is 4.90 Å². The molecule has 2 rings (SSSR count). The maximum Gasteiger partial charge on any atom is 0.410 e. The van der Waals surface area contributed by atoms with E-state index in [0.717, 1.165) is 0 Å². The summed E-state index contributed by atoms with van der Waals surface area (Å²) >= 11 is 0. The van der Waals surface area contributed by atoms with Crippen molar-refractivity contribution >= 4 is 6.09 Å². The standard InChI is InChI=1S/C11H19NO4/c1-10(2,3)16-9(14)12-6-11(7-13)4-8(12)5-15-11/h8,13H,4-7H2,1-3H3/t8?,11-/m1/s1. The molecule has 0 saturated carbocycles. The number of carbonyl (C=O) groups excluding carboxylic acids is 1. The number of likely N-dealkylation sites (tertiary alicyclic amines) is 1. The van der Waals surface area contributed by atoms with Gasteiger partial charge in [-0.2, -0.15) is 0 Å². The first-order valence-electron chi connectivity index (χ1n) is 5.60. The largest absolute Gasteiger partial charge is 0.444 e. The summed E-state index contributed by atoms with van der Waals surface area (Å²) in [6.45, 7) is 6.43. The molecule has 2 aliphatic rings. The van der Waals surface area contributed by atoms with Crippen LogP contribution in [0.5, 0.6) is 0 Å². The molecule has 2 fully saturated rings. The minimum atomic E-state index is -0.540. The van der Waals surface area contributed by atoms with Gasteiger partial charge in [0, 0.05) is 6.42 Å². The molecule has 2 saturated heterocycles. The lowest BCUT2D eigenvalue weighted by atomic mass is 10.1. The second-order valence-electron chi connectivity index (χ2n) is 5.62. The van der Waals surface area contributed by atoms with E-state index >= 15 is 0 Å². The second-order valence-corrected chi connectivity index (χ2v) is 5.62. The van der Waals surface area contributed by atoms with Crippen LogP contribution < -0.4 is 0 Å². The number of aliphatic hydroxyl groups excluding tert-OH is 1. The van der Waals surface area contributed by atoms with Gasteiger partial charge in [-0.15, -0.1) is 0 Å².